The molecule has 0 saturated carbocycles. The van der Waals surface area contributed by atoms with Crippen LogP contribution >= 0.6 is 0 Å². The van der Waals surface area contributed by atoms with Gasteiger partial charge in [0.05, 0.1) is 7.11 Å². The molecule has 1 saturated heterocycles. The van der Waals surface area contributed by atoms with Crippen molar-refractivity contribution in [3.05, 3.63) is 10.4 Å². The average Bonchev–Trinajstić information content (AvgIpc) is 2.77. The van der Waals surface area contributed by atoms with E-state index in [1.54, 1.807) is 20.8 Å². The van der Waals surface area contributed by atoms with Gasteiger partial charge in [-0.25, -0.2) is 14.4 Å². The predicted octanol–water partition coefficient (Wildman–Crippen LogP) is 0.426. The van der Waals surface area contributed by atoms with Crippen LogP contribution in [0.4, 0.5) is 4.79 Å². The number of carbonyl (C=O) groups excluding carboxylic acids is 6. The number of methoxy groups -OCH3 is 1. The summed E-state index contributed by atoms with van der Waals surface area (Å²) in [7, 11) is 1.03. The molecule has 1 amide bonds. The highest BCUT2D eigenvalue weighted by Gasteiger charge is 2.54. The largest absolute Gasteiger partial charge is 0.467 e. The molecule has 1 fully saturated rings. The molecule has 0 aromatic carbocycles. The van der Waals surface area contributed by atoms with E-state index in [9.17, 15) is 28.8 Å². The number of amides is 1. The number of azide groups is 1. The molecule has 1 rings (SSSR count). The summed E-state index contributed by atoms with van der Waals surface area (Å²) in [5.41, 5.74) is 8.02. The van der Waals surface area contributed by atoms with Crippen LogP contribution in [0.3, 0.4) is 0 Å². The Labute approximate surface area is 216 Å². The van der Waals surface area contributed by atoms with Crippen molar-refractivity contribution in [2.75, 3.05) is 13.7 Å². The minimum atomic E-state index is -1.90. The molecule has 6 atom stereocenters. The number of rotatable bonds is 9. The van der Waals surface area contributed by atoms with Crippen LogP contribution in [0.15, 0.2) is 5.11 Å². The second-order valence-electron chi connectivity index (χ2n) is 8.73. The molecule has 17 nitrogen and oxygen atoms in total. The zero-order valence-corrected chi connectivity index (χ0v) is 21.8. The molecule has 0 bridgehead atoms. The molecule has 17 heteroatoms. The summed E-state index contributed by atoms with van der Waals surface area (Å²) in [5, 5.41) is 5.51. The van der Waals surface area contributed by atoms with Gasteiger partial charge in [0, 0.05) is 25.7 Å². The number of nitrogens with one attached hydrogen (secondary N) is 1. The Morgan fingerprint density at radius 2 is 1.47 bits per heavy atom. The van der Waals surface area contributed by atoms with Crippen molar-refractivity contribution in [1.29, 1.82) is 0 Å². The van der Waals surface area contributed by atoms with E-state index in [0.717, 1.165) is 27.9 Å². The Morgan fingerprint density at radius 3 is 1.95 bits per heavy atom. The molecule has 0 spiro atoms. The number of esters is 5. The van der Waals surface area contributed by atoms with Gasteiger partial charge < -0.3 is 38.5 Å². The highest BCUT2D eigenvalue weighted by molar-refractivity contribution is 5.82. The third-order valence-corrected chi connectivity index (χ3v) is 4.39. The first kappa shape index (κ1) is 31.9. The van der Waals surface area contributed by atoms with Crippen LogP contribution in [0, 0.1) is 0 Å². The minimum Gasteiger partial charge on any atom is -0.467 e. The minimum absolute atomic E-state index is 0.796. The molecule has 0 aromatic heterocycles. The van der Waals surface area contributed by atoms with Crippen molar-refractivity contribution in [2.24, 2.45) is 5.11 Å². The predicted molar refractivity (Wildman–Crippen MR) is 121 cm³/mol. The first-order chi connectivity index (χ1) is 17.6. The lowest BCUT2D eigenvalue weighted by Gasteiger charge is -2.42. The maximum Gasteiger partial charge on any atom is 0.408 e. The Balaban J connectivity index is 3.28. The Morgan fingerprint density at radius 1 is 0.947 bits per heavy atom. The third kappa shape index (κ3) is 10.1. The van der Waals surface area contributed by atoms with Crippen molar-refractivity contribution in [1.82, 2.24) is 5.32 Å². The summed E-state index contributed by atoms with van der Waals surface area (Å²) in [5.74, 6) is -5.05. The van der Waals surface area contributed by atoms with E-state index in [0.29, 0.717) is 0 Å². The third-order valence-electron chi connectivity index (χ3n) is 4.39. The number of carbonyl (C=O) groups is 6. The van der Waals surface area contributed by atoms with E-state index in [-0.39, 0.29) is 0 Å². The van der Waals surface area contributed by atoms with Crippen LogP contribution in [0.25, 0.3) is 10.4 Å². The first-order valence-corrected chi connectivity index (χ1v) is 11.0. The molecule has 0 radical (unpaired) electrons. The topological polar surface area (TPSA) is 228 Å². The fourth-order valence-corrected chi connectivity index (χ4v) is 3.13. The van der Waals surface area contributed by atoms with Gasteiger partial charge in [-0.3, -0.25) is 14.4 Å². The van der Waals surface area contributed by atoms with Crippen LogP contribution in [0.5, 0.6) is 0 Å². The summed E-state index contributed by atoms with van der Waals surface area (Å²) in [4.78, 5) is 75.0. The molecule has 1 aliphatic rings. The standard InChI is InChI=1S/C21H30N4O13/c1-9(26)34-13-14(35-10(2)27)16(37-17(24-25-22)15(13)36-11(3)28)19(30)33-8-12(18(29)32-7)23-20(31)38-21(4,5)6/h12-17H,8H2,1-7H3,(H,23,31)/t12-,13-,14+,15+,16-,17+/m0/s1. The zero-order chi connectivity index (χ0) is 29.2. The van der Waals surface area contributed by atoms with Crippen molar-refractivity contribution in [3.8, 4) is 0 Å². The fourth-order valence-electron chi connectivity index (χ4n) is 3.13. The van der Waals surface area contributed by atoms with Crippen molar-refractivity contribution >= 4 is 35.9 Å². The van der Waals surface area contributed by atoms with E-state index < -0.39 is 84.8 Å². The van der Waals surface area contributed by atoms with Crippen LogP contribution in [0.1, 0.15) is 41.5 Å². The molecule has 212 valence electrons. The van der Waals surface area contributed by atoms with Crippen LogP contribution in [0.2, 0.25) is 0 Å². The van der Waals surface area contributed by atoms with Crippen molar-refractivity contribution < 1.29 is 61.9 Å². The smallest absolute Gasteiger partial charge is 0.408 e. The van der Waals surface area contributed by atoms with Gasteiger partial charge in [-0.2, -0.15) is 0 Å². The fraction of sp³-hybridized carbons (Fsp3) is 0.714. The second-order valence-corrected chi connectivity index (χ2v) is 8.73. The monoisotopic (exact) mass is 546 g/mol. The summed E-state index contributed by atoms with van der Waals surface area (Å²) in [6.45, 7) is 6.92. The van der Waals surface area contributed by atoms with Crippen molar-refractivity contribution in [3.63, 3.8) is 0 Å². The van der Waals surface area contributed by atoms with Gasteiger partial charge in [0.15, 0.2) is 36.7 Å². The molecule has 1 aliphatic heterocycles. The van der Waals surface area contributed by atoms with Gasteiger partial charge in [-0.1, -0.05) is 5.11 Å². The molecule has 1 N–H and O–H groups in total. The van der Waals surface area contributed by atoms with E-state index in [2.05, 4.69) is 20.1 Å². The maximum absolute atomic E-state index is 13.0. The van der Waals surface area contributed by atoms with Gasteiger partial charge in [0.1, 0.15) is 12.2 Å². The summed E-state index contributed by atoms with van der Waals surface area (Å²) < 4.78 is 35.5. The van der Waals surface area contributed by atoms with Gasteiger partial charge in [-0.05, 0) is 26.3 Å². The lowest BCUT2D eigenvalue weighted by atomic mass is 9.97. The Kier molecular flexibility index (Phi) is 11.8. The van der Waals surface area contributed by atoms with Crippen molar-refractivity contribution in [2.45, 2.75) is 83.8 Å². The van der Waals surface area contributed by atoms with Crippen LogP contribution in [-0.2, 0) is 57.1 Å². The second kappa shape index (κ2) is 14.0. The number of ether oxygens (including phenoxy) is 7. The molecule has 0 unspecified atom stereocenters. The maximum atomic E-state index is 13.0. The van der Waals surface area contributed by atoms with E-state index in [1.165, 1.54) is 0 Å². The lowest BCUT2D eigenvalue weighted by Crippen LogP contribution is -2.63. The van der Waals surface area contributed by atoms with E-state index >= 15 is 0 Å². The number of alkyl carbamates (subject to hydrolysis) is 1. The van der Waals surface area contributed by atoms with E-state index in [4.69, 9.17) is 34.0 Å². The average molecular weight is 546 g/mol. The first-order valence-electron chi connectivity index (χ1n) is 11.0. The van der Waals surface area contributed by atoms with Gasteiger partial charge in [-0.15, -0.1) is 0 Å². The van der Waals surface area contributed by atoms with Gasteiger partial charge >= 0.3 is 35.9 Å². The highest BCUT2D eigenvalue weighted by atomic mass is 16.7. The summed E-state index contributed by atoms with van der Waals surface area (Å²) >= 11 is 0. The number of hydrogen-bond donors (Lipinski definition) is 1. The number of hydrogen-bond acceptors (Lipinski definition) is 14. The van der Waals surface area contributed by atoms with Gasteiger partial charge in [0.2, 0.25) is 0 Å². The molecular formula is C21H30N4O13. The highest BCUT2D eigenvalue weighted by Crippen LogP contribution is 2.30. The summed E-state index contributed by atoms with van der Waals surface area (Å²) in [6.07, 6.45) is -9.66. The van der Waals surface area contributed by atoms with E-state index in [1.807, 2.05) is 0 Å². The van der Waals surface area contributed by atoms with Gasteiger partial charge in [0.25, 0.3) is 0 Å². The Hall–Kier alpha value is -4.11. The summed E-state index contributed by atoms with van der Waals surface area (Å²) in [6, 6.07) is -1.53. The lowest BCUT2D eigenvalue weighted by molar-refractivity contribution is -0.248. The van der Waals surface area contributed by atoms with Crippen LogP contribution < -0.4 is 5.32 Å². The van der Waals surface area contributed by atoms with Crippen LogP contribution in [-0.4, -0.2) is 91.9 Å². The molecule has 1 heterocycles. The molecule has 38 heavy (non-hydrogen) atoms. The number of nitrogens with zero attached hydrogens (tertiary/aromatic N) is 3. The molecular weight excluding hydrogens is 516 g/mol. The molecule has 0 aliphatic carbocycles. The SMILES string of the molecule is COC(=O)[C@H](COC(=O)[C@H]1O[C@@H](N=[N+]=[N-])[C@H](OC(C)=O)[C@@H](OC(C)=O)[C@H]1OC(C)=O)NC(=O)OC(C)(C)C. The quantitative estimate of drug-likeness (QED) is 0.136. The zero-order valence-electron chi connectivity index (χ0n) is 21.8. The normalized spacial score (nSPS) is 23.4. The Bertz CT molecular complexity index is 973. The molecule has 0 aromatic rings.